The lowest BCUT2D eigenvalue weighted by atomic mass is 9.97. The molecule has 1 aliphatic rings. The van der Waals surface area contributed by atoms with Gasteiger partial charge in [0, 0.05) is 22.6 Å². The molecular weight excluding hydrogens is 242 g/mol. The average molecular weight is 260 g/mol. The molecule has 2 aromatic carbocycles. The zero-order valence-corrected chi connectivity index (χ0v) is 12.2. The van der Waals surface area contributed by atoms with E-state index in [1.54, 1.807) is 0 Å². The Morgan fingerprint density at radius 2 is 1.70 bits per heavy atom. The third kappa shape index (κ3) is 1.46. The van der Waals surface area contributed by atoms with Crippen LogP contribution in [0.3, 0.4) is 0 Å². The van der Waals surface area contributed by atoms with Gasteiger partial charge in [-0.3, -0.25) is 0 Å². The third-order valence-corrected chi connectivity index (χ3v) is 4.43. The Kier molecular flexibility index (Phi) is 2.29. The molecule has 0 saturated carbocycles. The first-order chi connectivity index (χ1) is 9.65. The van der Waals surface area contributed by atoms with Crippen molar-refractivity contribution in [2.24, 2.45) is 0 Å². The quantitative estimate of drug-likeness (QED) is 0.419. The number of benzene rings is 2. The molecule has 1 heteroatoms. The number of para-hydroxylation sites is 1. The van der Waals surface area contributed by atoms with Gasteiger partial charge in [0.05, 0.1) is 5.56 Å². The van der Waals surface area contributed by atoms with Gasteiger partial charge in [-0.05, 0) is 50.1 Å². The summed E-state index contributed by atoms with van der Waals surface area (Å²) in [6.07, 6.45) is 0. The molecule has 0 unspecified atom stereocenters. The number of aromatic nitrogens is 1. The average Bonchev–Trinajstić information content (AvgIpc) is 2.79. The lowest BCUT2D eigenvalue weighted by molar-refractivity contribution is -0.646. The van der Waals surface area contributed by atoms with Crippen molar-refractivity contribution < 1.29 is 4.57 Å². The number of pyridine rings is 1. The summed E-state index contributed by atoms with van der Waals surface area (Å²) in [6.45, 7) is 7.64. The van der Waals surface area contributed by atoms with Crippen LogP contribution in [0.5, 0.6) is 0 Å². The van der Waals surface area contributed by atoms with Crippen LogP contribution < -0.4 is 4.57 Å². The molecule has 0 radical (unpaired) electrons. The van der Waals surface area contributed by atoms with Gasteiger partial charge in [-0.15, -0.1) is 0 Å². The number of fused-ring (bicyclic) bond motifs is 5. The summed E-state index contributed by atoms with van der Waals surface area (Å²) in [5, 5.41) is 1.33. The Morgan fingerprint density at radius 3 is 2.55 bits per heavy atom. The van der Waals surface area contributed by atoms with Crippen LogP contribution in [0.1, 0.15) is 22.3 Å². The monoisotopic (exact) mass is 260 g/mol. The Bertz CT molecular complexity index is 859. The van der Waals surface area contributed by atoms with Crippen molar-refractivity contribution >= 4 is 10.9 Å². The van der Waals surface area contributed by atoms with Gasteiger partial charge < -0.3 is 0 Å². The second-order valence-corrected chi connectivity index (χ2v) is 5.93. The first kappa shape index (κ1) is 11.7. The molecule has 1 aromatic heterocycles. The fourth-order valence-corrected chi connectivity index (χ4v) is 3.59. The minimum atomic E-state index is 0.999. The molecule has 0 amide bonds. The van der Waals surface area contributed by atoms with Crippen molar-refractivity contribution in [1.29, 1.82) is 0 Å². The molecule has 0 aliphatic carbocycles. The molecule has 2 heterocycles. The Labute approximate surface area is 119 Å². The van der Waals surface area contributed by atoms with Crippen LogP contribution in [0.15, 0.2) is 42.5 Å². The van der Waals surface area contributed by atoms with Gasteiger partial charge in [0.1, 0.15) is 0 Å². The molecule has 0 N–H and O–H groups in total. The largest absolute Gasteiger partial charge is 0.216 e. The maximum Gasteiger partial charge on any atom is 0.216 e. The van der Waals surface area contributed by atoms with Crippen LogP contribution in [-0.4, -0.2) is 0 Å². The Balaban J connectivity index is 2.14. The number of nitrogens with zero attached hydrogens (tertiary/aromatic N) is 1. The van der Waals surface area contributed by atoms with Crippen molar-refractivity contribution in [3.8, 4) is 11.3 Å². The van der Waals surface area contributed by atoms with Crippen LogP contribution in [0.25, 0.3) is 22.2 Å². The van der Waals surface area contributed by atoms with Crippen LogP contribution in [0, 0.1) is 20.8 Å². The van der Waals surface area contributed by atoms with Crippen molar-refractivity contribution in [2.45, 2.75) is 27.3 Å². The minimum Gasteiger partial charge on any atom is -0.187 e. The van der Waals surface area contributed by atoms with Gasteiger partial charge in [-0.25, -0.2) is 0 Å². The second-order valence-electron chi connectivity index (χ2n) is 5.93. The molecule has 0 spiro atoms. The maximum atomic E-state index is 2.47. The highest BCUT2D eigenvalue weighted by Crippen LogP contribution is 2.34. The van der Waals surface area contributed by atoms with Crippen molar-refractivity contribution in [2.75, 3.05) is 0 Å². The smallest absolute Gasteiger partial charge is 0.187 e. The first-order valence-electron chi connectivity index (χ1n) is 7.18. The third-order valence-electron chi connectivity index (χ3n) is 4.43. The fourth-order valence-electron chi connectivity index (χ4n) is 3.59. The minimum absolute atomic E-state index is 0.999. The molecule has 1 nitrogen and oxygen atoms in total. The molecule has 1 aliphatic heterocycles. The summed E-state index contributed by atoms with van der Waals surface area (Å²) < 4.78 is 2.47. The maximum absolute atomic E-state index is 2.47. The van der Waals surface area contributed by atoms with E-state index in [9.17, 15) is 0 Å². The van der Waals surface area contributed by atoms with E-state index in [1.165, 1.54) is 44.4 Å². The molecule has 0 saturated heterocycles. The van der Waals surface area contributed by atoms with E-state index in [1.807, 2.05) is 0 Å². The van der Waals surface area contributed by atoms with Gasteiger partial charge in [0.2, 0.25) is 11.2 Å². The number of rotatable bonds is 0. The highest BCUT2D eigenvalue weighted by Gasteiger charge is 2.31. The van der Waals surface area contributed by atoms with E-state index in [0.29, 0.717) is 0 Å². The SMILES string of the molecule is Cc1cc(C)c2c(c1)-c1c(C)cc3ccccc3[n+]1C2. The summed E-state index contributed by atoms with van der Waals surface area (Å²) in [6, 6.07) is 15.6. The lowest BCUT2D eigenvalue weighted by Gasteiger charge is -2.04. The Morgan fingerprint density at radius 1 is 0.900 bits per heavy atom. The standard InChI is InChI=1S/C19H18N/c1-12-8-13(2)17-11-20-18-7-5-4-6-15(18)10-14(3)19(20)16(17)9-12/h4-10H,11H2,1-3H3/q+1. The number of hydrogen-bond donors (Lipinski definition) is 0. The predicted molar refractivity (Wildman–Crippen MR) is 82.9 cm³/mol. The Hall–Kier alpha value is -2.15. The van der Waals surface area contributed by atoms with Gasteiger partial charge in [-0.1, -0.05) is 18.2 Å². The molecular formula is C19H18N+. The van der Waals surface area contributed by atoms with Gasteiger partial charge in [0.15, 0.2) is 6.54 Å². The second kappa shape index (κ2) is 3.92. The lowest BCUT2D eigenvalue weighted by Crippen LogP contribution is -2.34. The zero-order valence-electron chi connectivity index (χ0n) is 12.2. The summed E-state index contributed by atoms with van der Waals surface area (Å²) in [7, 11) is 0. The molecule has 4 rings (SSSR count). The summed E-state index contributed by atoms with van der Waals surface area (Å²) in [5.74, 6) is 0. The van der Waals surface area contributed by atoms with Crippen LogP contribution in [-0.2, 0) is 6.54 Å². The van der Waals surface area contributed by atoms with Crippen LogP contribution in [0.4, 0.5) is 0 Å². The van der Waals surface area contributed by atoms with Crippen molar-refractivity contribution in [1.82, 2.24) is 0 Å². The zero-order chi connectivity index (χ0) is 13.9. The summed E-state index contributed by atoms with van der Waals surface area (Å²) >= 11 is 0. The predicted octanol–water partition coefficient (Wildman–Crippen LogP) is 4.08. The van der Waals surface area contributed by atoms with E-state index in [2.05, 4.69) is 67.8 Å². The van der Waals surface area contributed by atoms with Gasteiger partial charge >= 0.3 is 0 Å². The highest BCUT2D eigenvalue weighted by molar-refractivity contribution is 5.81. The van der Waals surface area contributed by atoms with Crippen molar-refractivity contribution in [3.63, 3.8) is 0 Å². The van der Waals surface area contributed by atoms with E-state index >= 15 is 0 Å². The first-order valence-corrected chi connectivity index (χ1v) is 7.18. The number of hydrogen-bond acceptors (Lipinski definition) is 0. The molecule has 3 aromatic rings. The van der Waals surface area contributed by atoms with Gasteiger partial charge in [-0.2, -0.15) is 4.57 Å². The van der Waals surface area contributed by atoms with E-state index in [0.717, 1.165) is 6.54 Å². The van der Waals surface area contributed by atoms with E-state index < -0.39 is 0 Å². The molecule has 0 bridgehead atoms. The van der Waals surface area contributed by atoms with Gasteiger partial charge in [0.25, 0.3) is 0 Å². The molecule has 20 heavy (non-hydrogen) atoms. The van der Waals surface area contributed by atoms with Crippen LogP contribution in [0.2, 0.25) is 0 Å². The summed E-state index contributed by atoms with van der Waals surface area (Å²) in [5.41, 5.74) is 9.76. The molecule has 0 fully saturated rings. The van der Waals surface area contributed by atoms with Crippen LogP contribution >= 0.6 is 0 Å². The molecule has 0 atom stereocenters. The summed E-state index contributed by atoms with van der Waals surface area (Å²) in [4.78, 5) is 0. The topological polar surface area (TPSA) is 3.88 Å². The van der Waals surface area contributed by atoms with E-state index in [4.69, 9.17) is 0 Å². The van der Waals surface area contributed by atoms with E-state index in [-0.39, 0.29) is 0 Å². The normalized spacial score (nSPS) is 12.6. The highest BCUT2D eigenvalue weighted by atomic mass is 15.0. The molecule has 98 valence electrons. The van der Waals surface area contributed by atoms with Crippen molar-refractivity contribution in [3.05, 3.63) is 64.7 Å². The number of aryl methyl sites for hydroxylation is 3. The fraction of sp³-hybridized carbons (Fsp3) is 0.211.